The molecule has 2 N–H and O–H groups in total. The lowest BCUT2D eigenvalue weighted by Crippen LogP contribution is -2.48. The van der Waals surface area contributed by atoms with Crippen molar-refractivity contribution in [1.29, 1.82) is 0 Å². The van der Waals surface area contributed by atoms with Crippen LogP contribution in [-0.4, -0.2) is 44.1 Å². The molecule has 0 bridgehead atoms. The van der Waals surface area contributed by atoms with E-state index in [0.29, 0.717) is 35.1 Å². The molecule has 1 saturated heterocycles. The largest absolute Gasteiger partial charge is 0.496 e. The van der Waals surface area contributed by atoms with Crippen LogP contribution in [0.3, 0.4) is 0 Å². The second kappa shape index (κ2) is 9.76. The molecule has 0 aliphatic carbocycles. The van der Waals surface area contributed by atoms with Crippen molar-refractivity contribution in [2.45, 2.75) is 0 Å². The lowest BCUT2D eigenvalue weighted by atomic mass is 10.1. The smallest absolute Gasteiger partial charge is 0.257 e. The van der Waals surface area contributed by atoms with Crippen molar-refractivity contribution in [2.75, 3.05) is 43.9 Å². The van der Waals surface area contributed by atoms with Crippen molar-refractivity contribution in [1.82, 2.24) is 4.90 Å². The molecule has 1 aliphatic rings. The van der Waals surface area contributed by atoms with E-state index in [2.05, 4.69) is 17.0 Å². The van der Waals surface area contributed by atoms with Crippen molar-refractivity contribution < 1.29 is 9.53 Å². The van der Waals surface area contributed by atoms with Crippen LogP contribution in [0.15, 0.2) is 42.5 Å². The summed E-state index contributed by atoms with van der Waals surface area (Å²) in [6, 6.07) is 13.4. The number of anilines is 2. The Morgan fingerprint density at radius 1 is 1.08 bits per heavy atom. The van der Waals surface area contributed by atoms with Crippen LogP contribution < -0.4 is 15.4 Å². The van der Waals surface area contributed by atoms with E-state index in [4.69, 9.17) is 22.1 Å². The fraction of sp³-hybridized carbons (Fsp3) is 0.278. The van der Waals surface area contributed by atoms with Gasteiger partial charge in [-0.2, -0.15) is 0 Å². The van der Waals surface area contributed by atoms with Gasteiger partial charge in [-0.1, -0.05) is 29.8 Å². The molecule has 0 saturated carbocycles. The van der Waals surface area contributed by atoms with Crippen LogP contribution >= 0.6 is 36.4 Å². The van der Waals surface area contributed by atoms with Crippen LogP contribution in [-0.2, 0) is 0 Å². The third-order valence-electron chi connectivity index (χ3n) is 4.24. The number of amides is 1. The maximum atomic E-state index is 12.8. The van der Waals surface area contributed by atoms with Gasteiger partial charge in [0.15, 0.2) is 0 Å². The van der Waals surface area contributed by atoms with Gasteiger partial charge in [-0.25, -0.2) is 0 Å². The van der Waals surface area contributed by atoms with Crippen molar-refractivity contribution in [3.8, 4) is 5.75 Å². The zero-order chi connectivity index (χ0) is 17.1. The van der Waals surface area contributed by atoms with Crippen LogP contribution in [0.1, 0.15) is 10.4 Å². The number of nitrogen functional groups attached to an aromatic ring is 1. The van der Waals surface area contributed by atoms with Gasteiger partial charge >= 0.3 is 0 Å². The number of carbonyl (C=O) groups is 1. The van der Waals surface area contributed by atoms with Crippen molar-refractivity contribution in [3.63, 3.8) is 0 Å². The molecule has 0 spiro atoms. The summed E-state index contributed by atoms with van der Waals surface area (Å²) in [5.74, 6) is 0.369. The van der Waals surface area contributed by atoms with Gasteiger partial charge in [-0.3, -0.25) is 4.79 Å². The predicted octanol–water partition coefficient (Wildman–Crippen LogP) is 3.74. The zero-order valence-electron chi connectivity index (χ0n) is 14.4. The Bertz CT molecular complexity index is 736. The van der Waals surface area contributed by atoms with Gasteiger partial charge in [0.25, 0.3) is 5.91 Å². The molecule has 142 valence electrons. The number of methoxy groups -OCH3 is 1. The summed E-state index contributed by atoms with van der Waals surface area (Å²) in [7, 11) is 1.52. The Labute approximate surface area is 170 Å². The Morgan fingerprint density at radius 2 is 1.69 bits per heavy atom. The Hall–Kier alpha value is -1.82. The highest BCUT2D eigenvalue weighted by Crippen LogP contribution is 2.30. The molecule has 3 rings (SSSR count). The molecule has 2 aromatic rings. The highest BCUT2D eigenvalue weighted by Gasteiger charge is 2.25. The number of hydrogen-bond donors (Lipinski definition) is 1. The summed E-state index contributed by atoms with van der Waals surface area (Å²) in [4.78, 5) is 16.9. The first-order chi connectivity index (χ1) is 11.6. The minimum atomic E-state index is -0.0820. The SMILES string of the molecule is COc1cc(N)c(Cl)cc1C(=O)N1CCN(c2ccccc2)CC1.Cl.Cl. The molecule has 1 aliphatic heterocycles. The number of carbonyl (C=O) groups excluding carboxylic acids is 1. The number of ether oxygens (including phenoxy) is 1. The number of piperazine rings is 1. The fourth-order valence-corrected chi connectivity index (χ4v) is 3.05. The van der Waals surface area contributed by atoms with Gasteiger partial charge < -0.3 is 20.3 Å². The Kier molecular flexibility index (Phi) is 8.34. The lowest BCUT2D eigenvalue weighted by molar-refractivity contribution is 0.0743. The highest BCUT2D eigenvalue weighted by molar-refractivity contribution is 6.33. The molecule has 0 unspecified atom stereocenters. The van der Waals surface area contributed by atoms with Crippen LogP contribution in [0.2, 0.25) is 5.02 Å². The second-order valence-corrected chi connectivity index (χ2v) is 6.10. The summed E-state index contributed by atoms with van der Waals surface area (Å²) in [5.41, 5.74) is 7.81. The van der Waals surface area contributed by atoms with E-state index in [1.807, 2.05) is 23.1 Å². The number of nitrogens with two attached hydrogens (primary N) is 1. The molecular formula is C18H22Cl3N3O2. The number of benzene rings is 2. The maximum absolute atomic E-state index is 12.8. The Morgan fingerprint density at radius 3 is 2.27 bits per heavy atom. The molecule has 1 fully saturated rings. The van der Waals surface area contributed by atoms with Crippen molar-refractivity contribution in [3.05, 3.63) is 53.1 Å². The molecule has 0 atom stereocenters. The van der Waals surface area contributed by atoms with E-state index < -0.39 is 0 Å². The lowest BCUT2D eigenvalue weighted by Gasteiger charge is -2.36. The standard InChI is InChI=1S/C18H20ClN3O2.2ClH/c1-24-17-12-16(20)15(19)11-14(17)18(23)22-9-7-21(8-10-22)13-5-3-2-4-6-13;;/h2-6,11-12H,7-10,20H2,1H3;2*1H. The van der Waals surface area contributed by atoms with E-state index in [1.54, 1.807) is 12.1 Å². The molecule has 8 heteroatoms. The summed E-state index contributed by atoms with van der Waals surface area (Å²) in [5, 5.41) is 0.363. The average Bonchev–Trinajstić information content (AvgIpc) is 2.64. The monoisotopic (exact) mass is 417 g/mol. The van der Waals surface area contributed by atoms with Gasteiger partial charge in [0.2, 0.25) is 0 Å². The average molecular weight is 419 g/mol. The molecule has 5 nitrogen and oxygen atoms in total. The Balaban J connectivity index is 0.00000169. The normalized spacial score (nSPS) is 13.5. The second-order valence-electron chi connectivity index (χ2n) is 5.69. The summed E-state index contributed by atoms with van der Waals surface area (Å²) < 4.78 is 5.29. The molecule has 0 radical (unpaired) electrons. The number of nitrogens with zero attached hydrogens (tertiary/aromatic N) is 2. The van der Waals surface area contributed by atoms with Gasteiger partial charge in [0, 0.05) is 37.9 Å². The molecule has 1 amide bonds. The molecule has 2 aromatic carbocycles. The zero-order valence-corrected chi connectivity index (χ0v) is 16.7. The minimum Gasteiger partial charge on any atom is -0.496 e. The number of hydrogen-bond acceptors (Lipinski definition) is 4. The first-order valence-corrected chi connectivity index (χ1v) is 8.20. The number of para-hydroxylation sites is 1. The topological polar surface area (TPSA) is 58.8 Å². The third-order valence-corrected chi connectivity index (χ3v) is 4.56. The summed E-state index contributed by atoms with van der Waals surface area (Å²) in [6.07, 6.45) is 0. The first-order valence-electron chi connectivity index (χ1n) is 7.82. The van der Waals surface area contributed by atoms with Crippen LogP contribution in [0, 0.1) is 0 Å². The van der Waals surface area contributed by atoms with Crippen molar-refractivity contribution >= 4 is 53.7 Å². The number of rotatable bonds is 3. The summed E-state index contributed by atoms with van der Waals surface area (Å²) in [6.45, 7) is 2.89. The van der Waals surface area contributed by atoms with E-state index in [9.17, 15) is 4.79 Å². The van der Waals surface area contributed by atoms with Gasteiger partial charge in [0.1, 0.15) is 5.75 Å². The first kappa shape index (κ1) is 22.2. The molecule has 1 heterocycles. The van der Waals surface area contributed by atoms with Gasteiger partial charge in [0.05, 0.1) is 23.4 Å². The number of halogens is 3. The van der Waals surface area contributed by atoms with E-state index >= 15 is 0 Å². The van der Waals surface area contributed by atoms with E-state index in [0.717, 1.165) is 13.1 Å². The van der Waals surface area contributed by atoms with Gasteiger partial charge in [-0.15, -0.1) is 24.8 Å². The molecular weight excluding hydrogens is 397 g/mol. The van der Waals surface area contributed by atoms with Crippen molar-refractivity contribution in [2.24, 2.45) is 0 Å². The molecule has 26 heavy (non-hydrogen) atoms. The highest BCUT2D eigenvalue weighted by atomic mass is 35.5. The quantitative estimate of drug-likeness (QED) is 0.772. The van der Waals surface area contributed by atoms with E-state index in [1.165, 1.54) is 12.8 Å². The van der Waals surface area contributed by atoms with Gasteiger partial charge in [-0.05, 0) is 18.2 Å². The van der Waals surface area contributed by atoms with Crippen LogP contribution in [0.5, 0.6) is 5.75 Å². The van der Waals surface area contributed by atoms with Crippen LogP contribution in [0.25, 0.3) is 0 Å². The van der Waals surface area contributed by atoms with Crippen LogP contribution in [0.4, 0.5) is 11.4 Å². The minimum absolute atomic E-state index is 0. The fourth-order valence-electron chi connectivity index (χ4n) is 2.88. The molecule has 0 aromatic heterocycles. The maximum Gasteiger partial charge on any atom is 0.257 e. The predicted molar refractivity (Wildman–Crippen MR) is 111 cm³/mol. The third kappa shape index (κ3) is 4.67. The summed E-state index contributed by atoms with van der Waals surface area (Å²) >= 11 is 6.07. The van der Waals surface area contributed by atoms with E-state index in [-0.39, 0.29) is 30.7 Å².